The van der Waals surface area contributed by atoms with Gasteiger partial charge in [-0.15, -0.1) is 0 Å². The van der Waals surface area contributed by atoms with Crippen LogP contribution in [0.25, 0.3) is 0 Å². The number of rotatable bonds is 6. The lowest BCUT2D eigenvalue weighted by atomic mass is 10.1. The fourth-order valence-electron chi connectivity index (χ4n) is 1.82. The molecular weight excluding hydrogens is 327 g/mol. The molecule has 2 rings (SSSR count). The number of anilines is 1. The average Bonchev–Trinajstić information content (AvgIpc) is 2.87. The molecule has 120 valence electrons. The number of halogens is 1. The molecule has 22 heavy (non-hydrogen) atoms. The van der Waals surface area contributed by atoms with E-state index in [1.54, 1.807) is 6.07 Å². The summed E-state index contributed by atoms with van der Waals surface area (Å²) in [5.41, 5.74) is 1.37. The van der Waals surface area contributed by atoms with Gasteiger partial charge in [-0.05, 0) is 25.7 Å². The highest BCUT2D eigenvalue weighted by Crippen LogP contribution is 2.22. The number of nitrogens with zero attached hydrogens (tertiary/aromatic N) is 2. The number of primary sulfonamides is 1. The second-order valence-electron chi connectivity index (χ2n) is 5.05. The van der Waals surface area contributed by atoms with Gasteiger partial charge in [0.1, 0.15) is 5.82 Å². The monoisotopic (exact) mass is 344 g/mol. The molecule has 0 bridgehead atoms. The van der Waals surface area contributed by atoms with Crippen molar-refractivity contribution >= 4 is 26.5 Å². The summed E-state index contributed by atoms with van der Waals surface area (Å²) in [6, 6.07) is 5.02. The fourth-order valence-corrected chi connectivity index (χ4v) is 3.27. The highest BCUT2D eigenvalue weighted by molar-refractivity contribution is 7.91. The largest absolute Gasteiger partial charge is 0.357 e. The minimum Gasteiger partial charge on any atom is -0.357 e. The number of thiazole rings is 1. The quantitative estimate of drug-likeness (QED) is 0.831. The SMILES string of the molecule is CN(C)Cc1ccc(CNc2ncc(S(N)(=O)=O)s2)cc1F. The molecule has 0 spiro atoms. The third-order valence-electron chi connectivity index (χ3n) is 2.81. The lowest BCUT2D eigenvalue weighted by molar-refractivity contribution is 0.392. The summed E-state index contributed by atoms with van der Waals surface area (Å²) < 4.78 is 36.2. The molecule has 1 heterocycles. The van der Waals surface area contributed by atoms with Crippen molar-refractivity contribution in [3.05, 3.63) is 41.3 Å². The first-order valence-electron chi connectivity index (χ1n) is 6.40. The van der Waals surface area contributed by atoms with Gasteiger partial charge < -0.3 is 10.2 Å². The molecular formula is C13H17FN4O2S2. The summed E-state index contributed by atoms with van der Waals surface area (Å²) in [5.74, 6) is -0.266. The number of sulfonamides is 1. The number of benzene rings is 1. The smallest absolute Gasteiger partial charge is 0.249 e. The third-order valence-corrected chi connectivity index (χ3v) is 5.18. The van der Waals surface area contributed by atoms with Crippen LogP contribution in [0.1, 0.15) is 11.1 Å². The van der Waals surface area contributed by atoms with Gasteiger partial charge in [0.25, 0.3) is 0 Å². The Morgan fingerprint density at radius 2 is 2.14 bits per heavy atom. The van der Waals surface area contributed by atoms with Crippen molar-refractivity contribution in [3.63, 3.8) is 0 Å². The van der Waals surface area contributed by atoms with Crippen LogP contribution in [0, 0.1) is 5.82 Å². The van der Waals surface area contributed by atoms with Crippen LogP contribution in [0.15, 0.2) is 28.6 Å². The Morgan fingerprint density at radius 1 is 1.41 bits per heavy atom. The van der Waals surface area contributed by atoms with Crippen LogP contribution in [-0.2, 0) is 23.1 Å². The molecule has 0 amide bonds. The molecule has 0 radical (unpaired) electrons. The van der Waals surface area contributed by atoms with E-state index in [0.29, 0.717) is 23.8 Å². The minimum atomic E-state index is -3.74. The molecule has 0 unspecified atom stereocenters. The molecule has 0 aliphatic carbocycles. The number of nitrogens with one attached hydrogen (secondary N) is 1. The molecule has 0 fully saturated rings. The van der Waals surface area contributed by atoms with E-state index in [-0.39, 0.29) is 10.0 Å². The zero-order valence-electron chi connectivity index (χ0n) is 12.2. The van der Waals surface area contributed by atoms with E-state index in [1.165, 1.54) is 12.3 Å². The van der Waals surface area contributed by atoms with Crippen molar-refractivity contribution in [2.45, 2.75) is 17.3 Å². The van der Waals surface area contributed by atoms with E-state index >= 15 is 0 Å². The zero-order valence-corrected chi connectivity index (χ0v) is 13.8. The maximum Gasteiger partial charge on any atom is 0.249 e. The zero-order chi connectivity index (χ0) is 16.3. The van der Waals surface area contributed by atoms with Gasteiger partial charge in [-0.3, -0.25) is 0 Å². The van der Waals surface area contributed by atoms with Gasteiger partial charge in [0.2, 0.25) is 10.0 Å². The molecule has 0 saturated carbocycles. The van der Waals surface area contributed by atoms with Crippen LogP contribution < -0.4 is 10.5 Å². The second-order valence-corrected chi connectivity index (χ2v) is 7.87. The first-order chi connectivity index (χ1) is 10.3. The van der Waals surface area contributed by atoms with E-state index in [0.717, 1.165) is 16.9 Å². The van der Waals surface area contributed by atoms with Crippen molar-refractivity contribution in [1.82, 2.24) is 9.88 Å². The van der Waals surface area contributed by atoms with Crippen LogP contribution in [-0.4, -0.2) is 32.4 Å². The molecule has 0 atom stereocenters. The Morgan fingerprint density at radius 3 is 2.68 bits per heavy atom. The number of aromatic nitrogens is 1. The number of hydrogen-bond acceptors (Lipinski definition) is 6. The normalized spacial score (nSPS) is 11.9. The fraction of sp³-hybridized carbons (Fsp3) is 0.308. The lowest BCUT2D eigenvalue weighted by Crippen LogP contribution is -2.12. The van der Waals surface area contributed by atoms with Gasteiger partial charge in [0, 0.05) is 18.7 Å². The highest BCUT2D eigenvalue weighted by atomic mass is 32.2. The number of nitrogens with two attached hydrogens (primary N) is 1. The number of hydrogen-bond donors (Lipinski definition) is 2. The molecule has 1 aromatic heterocycles. The van der Waals surface area contributed by atoms with Crippen molar-refractivity contribution in [3.8, 4) is 0 Å². The van der Waals surface area contributed by atoms with Gasteiger partial charge in [0.15, 0.2) is 9.34 Å². The van der Waals surface area contributed by atoms with Crippen LogP contribution in [0.5, 0.6) is 0 Å². The van der Waals surface area contributed by atoms with Gasteiger partial charge in [-0.25, -0.2) is 22.9 Å². The summed E-state index contributed by atoms with van der Waals surface area (Å²) in [5, 5.41) is 8.38. The van der Waals surface area contributed by atoms with E-state index < -0.39 is 10.0 Å². The topological polar surface area (TPSA) is 88.3 Å². The molecule has 2 aromatic rings. The maximum atomic E-state index is 13.9. The van der Waals surface area contributed by atoms with Crippen molar-refractivity contribution in [2.24, 2.45) is 5.14 Å². The Kier molecular flexibility index (Phi) is 5.12. The van der Waals surface area contributed by atoms with Crippen molar-refractivity contribution in [1.29, 1.82) is 0 Å². The molecule has 1 aromatic carbocycles. The standard InChI is InChI=1S/C13H17FN4O2S2/c1-18(2)8-10-4-3-9(5-11(10)14)6-16-13-17-7-12(21-13)22(15,19)20/h3-5,7H,6,8H2,1-2H3,(H,16,17)(H2,15,19,20). The Balaban J connectivity index is 2.03. The summed E-state index contributed by atoms with van der Waals surface area (Å²) >= 11 is 0.939. The average molecular weight is 344 g/mol. The summed E-state index contributed by atoms with van der Waals surface area (Å²) in [7, 11) is 0.0134. The Hall–Kier alpha value is -1.55. The van der Waals surface area contributed by atoms with Crippen LogP contribution in [0.3, 0.4) is 0 Å². The van der Waals surface area contributed by atoms with E-state index in [4.69, 9.17) is 5.14 Å². The summed E-state index contributed by atoms with van der Waals surface area (Å²) in [6.07, 6.45) is 1.20. The van der Waals surface area contributed by atoms with E-state index in [9.17, 15) is 12.8 Å². The summed E-state index contributed by atoms with van der Waals surface area (Å²) in [6.45, 7) is 0.875. The third kappa shape index (κ3) is 4.47. The van der Waals surface area contributed by atoms with Crippen molar-refractivity contribution in [2.75, 3.05) is 19.4 Å². The highest BCUT2D eigenvalue weighted by Gasteiger charge is 2.12. The molecule has 0 saturated heterocycles. The molecule has 9 heteroatoms. The molecule has 0 aliphatic rings. The minimum absolute atomic E-state index is 0.0116. The Labute approximate surface area is 132 Å². The maximum absolute atomic E-state index is 13.9. The van der Waals surface area contributed by atoms with E-state index in [2.05, 4.69) is 10.3 Å². The Bertz CT molecular complexity index is 759. The van der Waals surface area contributed by atoms with E-state index in [1.807, 2.05) is 25.1 Å². The van der Waals surface area contributed by atoms with Gasteiger partial charge in [0.05, 0.1) is 6.20 Å². The van der Waals surface area contributed by atoms with Crippen molar-refractivity contribution < 1.29 is 12.8 Å². The lowest BCUT2D eigenvalue weighted by Gasteiger charge is -2.11. The second kappa shape index (κ2) is 6.69. The van der Waals surface area contributed by atoms with Crippen LogP contribution >= 0.6 is 11.3 Å². The van der Waals surface area contributed by atoms with Gasteiger partial charge in [-0.2, -0.15) is 0 Å². The van der Waals surface area contributed by atoms with Gasteiger partial charge >= 0.3 is 0 Å². The first-order valence-corrected chi connectivity index (χ1v) is 8.76. The first kappa shape index (κ1) is 16.8. The molecule has 0 aliphatic heterocycles. The molecule has 3 N–H and O–H groups in total. The van der Waals surface area contributed by atoms with Gasteiger partial charge in [-0.1, -0.05) is 23.5 Å². The van der Waals surface area contributed by atoms with Crippen LogP contribution in [0.2, 0.25) is 0 Å². The predicted molar refractivity (Wildman–Crippen MR) is 84.6 cm³/mol. The van der Waals surface area contributed by atoms with Crippen LogP contribution in [0.4, 0.5) is 9.52 Å². The molecule has 6 nitrogen and oxygen atoms in total. The predicted octanol–water partition coefficient (Wildman–Crippen LogP) is 1.60. The summed E-state index contributed by atoms with van der Waals surface area (Å²) in [4.78, 5) is 5.81.